The Morgan fingerprint density at radius 3 is 2.62 bits per heavy atom. The van der Waals surface area contributed by atoms with Gasteiger partial charge in [0.2, 0.25) is 17.7 Å². The third-order valence-electron chi connectivity index (χ3n) is 3.22. The highest BCUT2D eigenvalue weighted by Gasteiger charge is 2.34. The van der Waals surface area contributed by atoms with Gasteiger partial charge in [0, 0.05) is 6.54 Å². The van der Waals surface area contributed by atoms with Crippen LogP contribution < -0.4 is 16.4 Å². The summed E-state index contributed by atoms with van der Waals surface area (Å²) in [6.45, 7) is 1.23. The van der Waals surface area contributed by atoms with Gasteiger partial charge in [-0.3, -0.25) is 19.2 Å². The summed E-state index contributed by atoms with van der Waals surface area (Å²) in [6, 6.07) is -1.51. The van der Waals surface area contributed by atoms with Gasteiger partial charge in [0.25, 0.3) is 0 Å². The molecule has 0 radical (unpaired) electrons. The van der Waals surface area contributed by atoms with E-state index in [9.17, 15) is 19.2 Å². The first-order chi connectivity index (χ1) is 9.86. The number of carbonyl (C=O) groups is 4. The Labute approximate surface area is 121 Å². The molecule has 0 aromatic rings. The van der Waals surface area contributed by atoms with Crippen LogP contribution in [-0.4, -0.2) is 65.4 Å². The van der Waals surface area contributed by atoms with Crippen molar-refractivity contribution in [2.45, 2.75) is 31.8 Å². The molecule has 0 saturated carbocycles. The molecular formula is C12H20N4O5. The number of hydrogen-bond acceptors (Lipinski definition) is 5. The van der Waals surface area contributed by atoms with Crippen molar-refractivity contribution >= 4 is 23.7 Å². The Bertz CT molecular complexity index is 439. The number of carboxylic acids is 1. The van der Waals surface area contributed by atoms with Crippen molar-refractivity contribution < 1.29 is 24.3 Å². The minimum Gasteiger partial charge on any atom is -0.480 e. The van der Waals surface area contributed by atoms with Gasteiger partial charge in [-0.1, -0.05) is 0 Å². The molecule has 118 valence electrons. The number of amides is 3. The van der Waals surface area contributed by atoms with Crippen molar-refractivity contribution in [2.24, 2.45) is 5.73 Å². The van der Waals surface area contributed by atoms with Gasteiger partial charge in [0.15, 0.2) is 0 Å². The van der Waals surface area contributed by atoms with E-state index < -0.39 is 36.4 Å². The maximum atomic E-state index is 12.1. The Balaban J connectivity index is 2.53. The van der Waals surface area contributed by atoms with Gasteiger partial charge < -0.3 is 26.4 Å². The van der Waals surface area contributed by atoms with Crippen LogP contribution in [0.25, 0.3) is 0 Å². The SMILES string of the molecule is C[C@H](NC(=O)[C@@H]1CCCN1C(=O)CN)C(=O)NCC(=O)O. The lowest BCUT2D eigenvalue weighted by atomic mass is 10.2. The lowest BCUT2D eigenvalue weighted by Crippen LogP contribution is -2.53. The number of likely N-dealkylation sites (tertiary alicyclic amines) is 1. The second-order valence-electron chi connectivity index (χ2n) is 4.79. The number of nitrogens with two attached hydrogens (primary N) is 1. The van der Waals surface area contributed by atoms with Gasteiger partial charge in [-0.2, -0.15) is 0 Å². The van der Waals surface area contributed by atoms with Gasteiger partial charge in [0.1, 0.15) is 18.6 Å². The van der Waals surface area contributed by atoms with Gasteiger partial charge in [-0.05, 0) is 19.8 Å². The van der Waals surface area contributed by atoms with Crippen LogP contribution in [0.15, 0.2) is 0 Å². The summed E-state index contributed by atoms with van der Waals surface area (Å²) >= 11 is 0. The molecule has 1 heterocycles. The first-order valence-corrected chi connectivity index (χ1v) is 6.66. The molecule has 3 amide bonds. The molecule has 1 fully saturated rings. The Morgan fingerprint density at radius 2 is 2.05 bits per heavy atom. The molecule has 1 aliphatic rings. The van der Waals surface area contributed by atoms with Crippen molar-refractivity contribution in [3.05, 3.63) is 0 Å². The first kappa shape index (κ1) is 16.9. The highest BCUT2D eigenvalue weighted by molar-refractivity contribution is 5.93. The van der Waals surface area contributed by atoms with E-state index in [4.69, 9.17) is 10.8 Å². The first-order valence-electron chi connectivity index (χ1n) is 6.66. The summed E-state index contributed by atoms with van der Waals surface area (Å²) in [5.74, 6) is -2.51. The molecule has 5 N–H and O–H groups in total. The van der Waals surface area contributed by atoms with Gasteiger partial charge in [-0.15, -0.1) is 0 Å². The number of aliphatic carboxylic acids is 1. The Hall–Kier alpha value is -2.16. The second kappa shape index (κ2) is 7.58. The zero-order valence-corrected chi connectivity index (χ0v) is 11.8. The topological polar surface area (TPSA) is 142 Å². The zero-order valence-electron chi connectivity index (χ0n) is 11.8. The van der Waals surface area contributed by atoms with E-state index in [1.165, 1.54) is 11.8 Å². The van der Waals surface area contributed by atoms with Crippen molar-refractivity contribution in [3.8, 4) is 0 Å². The Morgan fingerprint density at radius 1 is 1.38 bits per heavy atom. The van der Waals surface area contributed by atoms with Crippen LogP contribution in [0.4, 0.5) is 0 Å². The largest absolute Gasteiger partial charge is 0.480 e. The van der Waals surface area contributed by atoms with Crippen LogP contribution in [-0.2, 0) is 19.2 Å². The molecule has 21 heavy (non-hydrogen) atoms. The average Bonchev–Trinajstić information content (AvgIpc) is 2.92. The molecule has 9 heteroatoms. The molecule has 1 saturated heterocycles. The van der Waals surface area contributed by atoms with Gasteiger partial charge in [-0.25, -0.2) is 0 Å². The van der Waals surface area contributed by atoms with Gasteiger partial charge in [0.05, 0.1) is 6.54 Å². The van der Waals surface area contributed by atoms with E-state index in [1.807, 2.05) is 0 Å². The van der Waals surface area contributed by atoms with Gasteiger partial charge >= 0.3 is 5.97 Å². The second-order valence-corrected chi connectivity index (χ2v) is 4.79. The quantitative estimate of drug-likeness (QED) is 0.432. The number of carboxylic acid groups (broad SMARTS) is 1. The number of nitrogens with zero attached hydrogens (tertiary/aromatic N) is 1. The van der Waals surface area contributed by atoms with Crippen molar-refractivity contribution in [3.63, 3.8) is 0 Å². The summed E-state index contributed by atoms with van der Waals surface area (Å²) in [7, 11) is 0. The summed E-state index contributed by atoms with van der Waals surface area (Å²) in [5.41, 5.74) is 5.29. The average molecular weight is 300 g/mol. The molecule has 1 rings (SSSR count). The fourth-order valence-electron chi connectivity index (χ4n) is 2.15. The van der Waals surface area contributed by atoms with Crippen molar-refractivity contribution in [2.75, 3.05) is 19.6 Å². The number of rotatable bonds is 6. The van der Waals surface area contributed by atoms with Crippen LogP contribution >= 0.6 is 0 Å². The maximum Gasteiger partial charge on any atom is 0.322 e. The van der Waals surface area contributed by atoms with Crippen LogP contribution in [0, 0.1) is 0 Å². The summed E-state index contributed by atoms with van der Waals surface area (Å²) in [5, 5.41) is 13.1. The third kappa shape index (κ3) is 4.71. The molecule has 1 aliphatic heterocycles. The molecule has 0 spiro atoms. The van der Waals surface area contributed by atoms with Crippen LogP contribution in [0.3, 0.4) is 0 Å². The maximum absolute atomic E-state index is 12.1. The molecule has 0 aliphatic carbocycles. The fraction of sp³-hybridized carbons (Fsp3) is 0.667. The fourth-order valence-corrected chi connectivity index (χ4v) is 2.15. The van der Waals surface area contributed by atoms with Crippen LogP contribution in [0.5, 0.6) is 0 Å². The molecule has 0 aromatic carbocycles. The van der Waals surface area contributed by atoms with Crippen LogP contribution in [0.2, 0.25) is 0 Å². The summed E-state index contributed by atoms with van der Waals surface area (Å²) < 4.78 is 0. The van der Waals surface area contributed by atoms with E-state index in [0.29, 0.717) is 19.4 Å². The van der Waals surface area contributed by atoms with E-state index in [1.54, 1.807) is 0 Å². The standard InChI is InChI=1S/C12H20N4O5/c1-7(11(20)14-6-10(18)19)15-12(21)8-3-2-4-16(8)9(17)5-13/h7-8H,2-6,13H2,1H3,(H,14,20)(H,15,21)(H,18,19)/t7-,8-/m0/s1. The lowest BCUT2D eigenvalue weighted by molar-refractivity contribution is -0.139. The minimum absolute atomic E-state index is 0.168. The summed E-state index contributed by atoms with van der Waals surface area (Å²) in [6.07, 6.45) is 1.21. The van der Waals surface area contributed by atoms with E-state index in [2.05, 4.69) is 10.6 Å². The van der Waals surface area contributed by atoms with Crippen LogP contribution in [0.1, 0.15) is 19.8 Å². The minimum atomic E-state index is -1.17. The predicted molar refractivity (Wildman–Crippen MR) is 72.0 cm³/mol. The van der Waals surface area contributed by atoms with E-state index >= 15 is 0 Å². The summed E-state index contributed by atoms with van der Waals surface area (Å²) in [4.78, 5) is 47.0. The van der Waals surface area contributed by atoms with E-state index in [-0.39, 0.29) is 12.5 Å². The zero-order chi connectivity index (χ0) is 16.0. The Kier molecular flexibility index (Phi) is 6.10. The smallest absolute Gasteiger partial charge is 0.322 e. The predicted octanol–water partition coefficient (Wildman–Crippen LogP) is -2.36. The monoisotopic (exact) mass is 300 g/mol. The molecular weight excluding hydrogens is 280 g/mol. The molecule has 2 atom stereocenters. The van der Waals surface area contributed by atoms with Crippen molar-refractivity contribution in [1.82, 2.24) is 15.5 Å². The normalized spacial score (nSPS) is 19.0. The number of hydrogen-bond donors (Lipinski definition) is 4. The highest BCUT2D eigenvalue weighted by Crippen LogP contribution is 2.17. The van der Waals surface area contributed by atoms with E-state index in [0.717, 1.165) is 0 Å². The highest BCUT2D eigenvalue weighted by atomic mass is 16.4. The lowest BCUT2D eigenvalue weighted by Gasteiger charge is -2.24. The number of carbonyl (C=O) groups excluding carboxylic acids is 3. The molecule has 0 aromatic heterocycles. The third-order valence-corrected chi connectivity index (χ3v) is 3.22. The molecule has 0 unspecified atom stereocenters. The number of nitrogens with one attached hydrogen (secondary N) is 2. The molecule has 0 bridgehead atoms. The van der Waals surface area contributed by atoms with Crippen molar-refractivity contribution in [1.29, 1.82) is 0 Å². The molecule has 9 nitrogen and oxygen atoms in total.